The highest BCUT2D eigenvalue weighted by molar-refractivity contribution is 7.13. The predicted molar refractivity (Wildman–Crippen MR) is 103 cm³/mol. The Kier molecular flexibility index (Phi) is 5.77. The van der Waals surface area contributed by atoms with Gasteiger partial charge in [-0.1, -0.05) is 12.8 Å². The van der Waals surface area contributed by atoms with E-state index in [4.69, 9.17) is 13.9 Å². The zero-order valence-electron chi connectivity index (χ0n) is 15.7. The molecule has 0 atom stereocenters. The first kappa shape index (κ1) is 19.1. The van der Waals surface area contributed by atoms with E-state index in [1.807, 2.05) is 17.5 Å². The third kappa shape index (κ3) is 4.12. The number of hydrogen-bond donors (Lipinski definition) is 0. The lowest BCUT2D eigenvalue weighted by Gasteiger charge is -2.31. The Morgan fingerprint density at radius 3 is 2.75 bits per heavy atom. The molecule has 0 unspecified atom stereocenters. The van der Waals surface area contributed by atoms with Gasteiger partial charge in [-0.05, 0) is 25.0 Å². The molecule has 2 aliphatic rings. The number of carbonyl (C=O) groups excluding carboxylic acids is 2. The highest BCUT2D eigenvalue weighted by Gasteiger charge is 2.45. The van der Waals surface area contributed by atoms with Gasteiger partial charge in [0.1, 0.15) is 6.61 Å². The summed E-state index contributed by atoms with van der Waals surface area (Å²) in [6, 6.07) is 3.66. The Labute approximate surface area is 167 Å². The number of aromatic nitrogens is 1. The second kappa shape index (κ2) is 8.45. The molecule has 0 spiro atoms. The number of morpholine rings is 1. The lowest BCUT2D eigenvalue weighted by Crippen LogP contribution is -2.44. The highest BCUT2D eigenvalue weighted by atomic mass is 32.1. The highest BCUT2D eigenvalue weighted by Crippen LogP contribution is 2.43. The fraction of sp³-hybridized carbons (Fsp3) is 0.550. The molecule has 3 heterocycles. The fourth-order valence-corrected chi connectivity index (χ4v) is 4.67. The molecule has 1 amide bonds. The molecular formula is C20H24N2O5S. The van der Waals surface area contributed by atoms with Gasteiger partial charge in [0, 0.05) is 24.9 Å². The first-order valence-corrected chi connectivity index (χ1v) is 10.6. The van der Waals surface area contributed by atoms with Crippen LogP contribution in [0.1, 0.15) is 37.8 Å². The molecule has 2 aromatic rings. The molecule has 0 N–H and O–H groups in total. The van der Waals surface area contributed by atoms with Gasteiger partial charge >= 0.3 is 5.97 Å². The van der Waals surface area contributed by atoms with Crippen LogP contribution in [0.5, 0.6) is 0 Å². The van der Waals surface area contributed by atoms with Crippen LogP contribution in [0.2, 0.25) is 0 Å². The van der Waals surface area contributed by atoms with Gasteiger partial charge in [0.15, 0.2) is 10.8 Å². The van der Waals surface area contributed by atoms with Crippen LogP contribution in [-0.4, -0.2) is 48.1 Å². The van der Waals surface area contributed by atoms with E-state index in [1.54, 1.807) is 11.2 Å². The van der Waals surface area contributed by atoms with Gasteiger partial charge < -0.3 is 18.8 Å². The zero-order chi connectivity index (χ0) is 19.4. The summed E-state index contributed by atoms with van der Waals surface area (Å²) in [5.41, 5.74) is -0.00712. The van der Waals surface area contributed by atoms with Crippen LogP contribution >= 0.6 is 11.3 Å². The SMILES string of the molecule is O=C(CC1(C(=O)OCc2csc(-c3ccco3)n2)CCCC1)N1CCOCC1. The summed E-state index contributed by atoms with van der Waals surface area (Å²) in [7, 11) is 0. The maximum atomic E-state index is 12.9. The topological polar surface area (TPSA) is 81.9 Å². The van der Waals surface area contributed by atoms with Crippen LogP contribution in [-0.2, 0) is 25.7 Å². The van der Waals surface area contributed by atoms with Crippen molar-refractivity contribution in [2.24, 2.45) is 5.41 Å². The van der Waals surface area contributed by atoms with E-state index in [9.17, 15) is 9.59 Å². The van der Waals surface area contributed by atoms with Crippen molar-refractivity contribution in [3.05, 3.63) is 29.5 Å². The largest absolute Gasteiger partial charge is 0.462 e. The Morgan fingerprint density at radius 2 is 2.04 bits per heavy atom. The standard InChI is InChI=1S/C20H24N2O5S/c23-17(22-7-10-25-11-8-22)12-20(5-1-2-6-20)19(24)27-13-15-14-28-18(21-15)16-4-3-9-26-16/h3-4,9,14H,1-2,5-8,10-13H2. The van der Waals surface area contributed by atoms with Crippen molar-refractivity contribution in [3.8, 4) is 10.8 Å². The predicted octanol–water partition coefficient (Wildman–Crippen LogP) is 3.26. The lowest BCUT2D eigenvalue weighted by molar-refractivity contribution is -0.161. The molecule has 0 bridgehead atoms. The van der Waals surface area contributed by atoms with Crippen LogP contribution in [0, 0.1) is 5.41 Å². The van der Waals surface area contributed by atoms with Crippen LogP contribution < -0.4 is 0 Å². The molecule has 2 fully saturated rings. The van der Waals surface area contributed by atoms with Gasteiger partial charge in [0.25, 0.3) is 0 Å². The van der Waals surface area contributed by atoms with E-state index in [0.717, 1.165) is 17.8 Å². The minimum atomic E-state index is -0.699. The molecule has 1 aliphatic heterocycles. The number of ether oxygens (including phenoxy) is 2. The molecule has 4 rings (SSSR count). The smallest absolute Gasteiger partial charge is 0.312 e. The van der Waals surface area contributed by atoms with Gasteiger partial charge in [0.2, 0.25) is 5.91 Å². The maximum Gasteiger partial charge on any atom is 0.312 e. The van der Waals surface area contributed by atoms with Gasteiger partial charge in [0.05, 0.1) is 30.6 Å². The van der Waals surface area contributed by atoms with Gasteiger partial charge in [-0.25, -0.2) is 4.98 Å². The van der Waals surface area contributed by atoms with E-state index in [0.29, 0.717) is 50.6 Å². The molecule has 0 aromatic carbocycles. The number of rotatable bonds is 6. The first-order chi connectivity index (χ1) is 13.7. The van der Waals surface area contributed by atoms with E-state index in [-0.39, 0.29) is 24.9 Å². The number of esters is 1. The number of nitrogens with zero attached hydrogens (tertiary/aromatic N) is 2. The molecule has 1 aliphatic carbocycles. The molecule has 8 heteroatoms. The third-order valence-corrected chi connectivity index (χ3v) is 6.39. The number of furan rings is 1. The van der Waals surface area contributed by atoms with Crippen LogP contribution in [0.15, 0.2) is 28.2 Å². The van der Waals surface area contributed by atoms with Crippen molar-refractivity contribution in [1.82, 2.24) is 9.88 Å². The average molecular weight is 404 g/mol. The summed E-state index contributed by atoms with van der Waals surface area (Å²) in [4.78, 5) is 31.9. The summed E-state index contributed by atoms with van der Waals surface area (Å²) < 4.78 is 16.3. The van der Waals surface area contributed by atoms with Gasteiger partial charge in [-0.15, -0.1) is 11.3 Å². The number of amides is 1. The number of thiazole rings is 1. The molecule has 2 aromatic heterocycles. The quantitative estimate of drug-likeness (QED) is 0.688. The third-order valence-electron chi connectivity index (χ3n) is 5.48. The minimum absolute atomic E-state index is 0.0240. The molecule has 1 saturated carbocycles. The number of hydrogen-bond acceptors (Lipinski definition) is 7. The Morgan fingerprint density at radius 1 is 1.25 bits per heavy atom. The summed E-state index contributed by atoms with van der Waals surface area (Å²) in [5, 5.41) is 2.62. The van der Waals surface area contributed by atoms with Crippen LogP contribution in [0.3, 0.4) is 0 Å². The first-order valence-electron chi connectivity index (χ1n) is 9.67. The normalized spacial score (nSPS) is 18.9. The van der Waals surface area contributed by atoms with Gasteiger partial charge in [-0.2, -0.15) is 0 Å². The second-order valence-electron chi connectivity index (χ2n) is 7.35. The summed E-state index contributed by atoms with van der Waals surface area (Å²) in [6.45, 7) is 2.43. The van der Waals surface area contributed by atoms with E-state index >= 15 is 0 Å². The Bertz CT molecular complexity index is 804. The van der Waals surface area contributed by atoms with E-state index in [1.165, 1.54) is 11.3 Å². The van der Waals surface area contributed by atoms with Crippen molar-refractivity contribution >= 4 is 23.2 Å². The zero-order valence-corrected chi connectivity index (χ0v) is 16.5. The van der Waals surface area contributed by atoms with Crippen molar-refractivity contribution in [3.63, 3.8) is 0 Å². The number of carbonyl (C=O) groups is 2. The molecule has 0 radical (unpaired) electrons. The van der Waals surface area contributed by atoms with E-state index < -0.39 is 5.41 Å². The average Bonchev–Trinajstić information content (AvgIpc) is 3.48. The molecule has 150 valence electrons. The van der Waals surface area contributed by atoms with Crippen molar-refractivity contribution in [2.45, 2.75) is 38.7 Å². The summed E-state index contributed by atoms with van der Waals surface area (Å²) >= 11 is 1.45. The molecule has 7 nitrogen and oxygen atoms in total. The molecule has 1 saturated heterocycles. The Hall–Kier alpha value is -2.19. The fourth-order valence-electron chi connectivity index (χ4n) is 3.90. The van der Waals surface area contributed by atoms with Crippen molar-refractivity contribution < 1.29 is 23.5 Å². The molecular weight excluding hydrogens is 380 g/mol. The Balaban J connectivity index is 1.37. The van der Waals surface area contributed by atoms with Crippen LogP contribution in [0.25, 0.3) is 10.8 Å². The summed E-state index contributed by atoms with van der Waals surface area (Å²) in [5.74, 6) is 0.445. The van der Waals surface area contributed by atoms with Gasteiger partial charge in [-0.3, -0.25) is 9.59 Å². The van der Waals surface area contributed by atoms with Crippen molar-refractivity contribution in [1.29, 1.82) is 0 Å². The lowest BCUT2D eigenvalue weighted by atomic mass is 9.82. The minimum Gasteiger partial charge on any atom is -0.462 e. The van der Waals surface area contributed by atoms with E-state index in [2.05, 4.69) is 4.98 Å². The van der Waals surface area contributed by atoms with Crippen molar-refractivity contribution in [2.75, 3.05) is 26.3 Å². The maximum absolute atomic E-state index is 12.9. The monoisotopic (exact) mass is 404 g/mol. The second-order valence-corrected chi connectivity index (χ2v) is 8.21. The molecule has 28 heavy (non-hydrogen) atoms. The van der Waals surface area contributed by atoms with Crippen LogP contribution in [0.4, 0.5) is 0 Å². The summed E-state index contributed by atoms with van der Waals surface area (Å²) in [6.07, 6.45) is 5.13.